The first-order valence-electron chi connectivity index (χ1n) is 10.4. The van der Waals surface area contributed by atoms with E-state index in [1.54, 1.807) is 13.8 Å². The minimum atomic E-state index is -1.17. The van der Waals surface area contributed by atoms with Crippen LogP contribution in [0.4, 0.5) is 0 Å². The van der Waals surface area contributed by atoms with E-state index in [4.69, 9.17) is 10.8 Å². The number of nitrogens with two attached hydrogens (primary N) is 1. The second-order valence-electron chi connectivity index (χ2n) is 8.50. The van der Waals surface area contributed by atoms with Gasteiger partial charge in [0.25, 0.3) is 0 Å². The minimum absolute atomic E-state index is 0.221. The Morgan fingerprint density at radius 3 is 1.35 bits per heavy atom. The highest BCUT2D eigenvalue weighted by Crippen LogP contribution is 2.03. The third-order valence-electron chi connectivity index (χ3n) is 4.55. The van der Waals surface area contributed by atoms with Crippen LogP contribution in [0.3, 0.4) is 0 Å². The van der Waals surface area contributed by atoms with Gasteiger partial charge in [0.2, 0.25) is 23.6 Å². The maximum Gasteiger partial charge on any atom is 0.326 e. The maximum absolute atomic E-state index is 12.3. The van der Waals surface area contributed by atoms with Crippen LogP contribution in [-0.4, -0.2) is 64.9 Å². The normalized spacial score (nSPS) is 15.9. The number of carbonyl (C=O) groups excluding carboxylic acids is 4. The summed E-state index contributed by atoms with van der Waals surface area (Å²) >= 11 is 0. The standard InChI is InChI=1S/C20H37N5O6/c1-9(2)8-14(21)19(29)24-12(6)17(27)22-11(5)16(26)23-13(7)18(28)25-15(10(3)4)20(30)31/h9-15H,8,21H2,1-7H3,(H,22,27)(H,23,26)(H,24,29)(H,25,28)(H,30,31)/t11-,12-,13-,14-,15-/m0/s1. The molecule has 0 aliphatic heterocycles. The predicted molar refractivity (Wildman–Crippen MR) is 115 cm³/mol. The van der Waals surface area contributed by atoms with Gasteiger partial charge >= 0.3 is 5.97 Å². The number of nitrogens with one attached hydrogen (secondary N) is 4. The predicted octanol–water partition coefficient (Wildman–Crippen LogP) is -0.901. The smallest absolute Gasteiger partial charge is 0.326 e. The van der Waals surface area contributed by atoms with Gasteiger partial charge in [0.1, 0.15) is 24.2 Å². The lowest BCUT2D eigenvalue weighted by atomic mass is 10.0. The molecular weight excluding hydrogens is 406 g/mol. The maximum atomic E-state index is 12.3. The molecule has 7 N–H and O–H groups in total. The number of carboxylic acids is 1. The van der Waals surface area contributed by atoms with Crippen LogP contribution in [0.2, 0.25) is 0 Å². The van der Waals surface area contributed by atoms with E-state index >= 15 is 0 Å². The van der Waals surface area contributed by atoms with Crippen LogP contribution in [-0.2, 0) is 24.0 Å². The Hall–Kier alpha value is -2.69. The summed E-state index contributed by atoms with van der Waals surface area (Å²) in [6, 6.07) is -4.75. The molecule has 0 rings (SSSR count). The van der Waals surface area contributed by atoms with Crippen molar-refractivity contribution in [3.63, 3.8) is 0 Å². The molecule has 0 aromatic carbocycles. The van der Waals surface area contributed by atoms with E-state index in [0.717, 1.165) is 0 Å². The molecular formula is C20H37N5O6. The zero-order chi connectivity index (χ0) is 24.5. The monoisotopic (exact) mass is 443 g/mol. The molecule has 0 radical (unpaired) electrons. The van der Waals surface area contributed by atoms with Crippen molar-refractivity contribution in [1.82, 2.24) is 21.3 Å². The van der Waals surface area contributed by atoms with E-state index in [9.17, 15) is 24.0 Å². The second kappa shape index (κ2) is 12.9. The van der Waals surface area contributed by atoms with Crippen molar-refractivity contribution in [2.24, 2.45) is 17.6 Å². The van der Waals surface area contributed by atoms with Crippen molar-refractivity contribution >= 4 is 29.6 Å². The number of hydrogen-bond acceptors (Lipinski definition) is 6. The Kier molecular flexibility index (Phi) is 11.8. The van der Waals surface area contributed by atoms with Gasteiger partial charge in [-0.25, -0.2) is 4.79 Å². The zero-order valence-electron chi connectivity index (χ0n) is 19.3. The third-order valence-corrected chi connectivity index (χ3v) is 4.55. The average Bonchev–Trinajstić information content (AvgIpc) is 2.64. The lowest BCUT2D eigenvalue weighted by molar-refractivity contribution is -0.143. The Labute approximate surface area is 183 Å². The van der Waals surface area contributed by atoms with Gasteiger partial charge in [-0.2, -0.15) is 0 Å². The summed E-state index contributed by atoms with van der Waals surface area (Å²) in [6.07, 6.45) is 0.471. The van der Waals surface area contributed by atoms with E-state index in [1.165, 1.54) is 20.8 Å². The first-order valence-corrected chi connectivity index (χ1v) is 10.4. The zero-order valence-corrected chi connectivity index (χ0v) is 19.3. The van der Waals surface area contributed by atoms with E-state index in [-0.39, 0.29) is 11.8 Å². The van der Waals surface area contributed by atoms with Crippen molar-refractivity contribution in [3.05, 3.63) is 0 Å². The number of aliphatic carboxylic acids is 1. The summed E-state index contributed by atoms with van der Waals surface area (Å²) in [5.74, 6) is -3.64. The summed E-state index contributed by atoms with van der Waals surface area (Å²) in [5.41, 5.74) is 5.79. The molecule has 11 heteroatoms. The molecule has 0 bridgehead atoms. The largest absolute Gasteiger partial charge is 0.480 e. The molecule has 0 aromatic rings. The van der Waals surface area contributed by atoms with Crippen LogP contribution in [0.1, 0.15) is 54.9 Å². The minimum Gasteiger partial charge on any atom is -0.480 e. The van der Waals surface area contributed by atoms with Gasteiger partial charge in [0, 0.05) is 0 Å². The van der Waals surface area contributed by atoms with E-state index in [2.05, 4.69) is 21.3 Å². The van der Waals surface area contributed by atoms with Crippen molar-refractivity contribution in [1.29, 1.82) is 0 Å². The number of carboxylic acid groups (broad SMARTS) is 1. The number of carbonyl (C=O) groups is 5. The van der Waals surface area contributed by atoms with Crippen molar-refractivity contribution < 1.29 is 29.1 Å². The molecule has 31 heavy (non-hydrogen) atoms. The van der Waals surface area contributed by atoms with Gasteiger partial charge in [0.15, 0.2) is 0 Å². The Morgan fingerprint density at radius 1 is 0.677 bits per heavy atom. The van der Waals surface area contributed by atoms with Gasteiger partial charge in [-0.15, -0.1) is 0 Å². The molecule has 4 amide bonds. The number of rotatable bonds is 12. The quantitative estimate of drug-likeness (QED) is 0.226. The van der Waals surface area contributed by atoms with Gasteiger partial charge in [-0.05, 0) is 39.0 Å². The molecule has 0 aromatic heterocycles. The molecule has 178 valence electrons. The Balaban J connectivity index is 4.70. The highest BCUT2D eigenvalue weighted by Gasteiger charge is 2.28. The van der Waals surface area contributed by atoms with E-state index < -0.39 is 59.8 Å². The number of hydrogen-bond donors (Lipinski definition) is 6. The van der Waals surface area contributed by atoms with Crippen LogP contribution in [0.25, 0.3) is 0 Å². The van der Waals surface area contributed by atoms with Gasteiger partial charge < -0.3 is 32.1 Å². The van der Waals surface area contributed by atoms with Crippen molar-refractivity contribution in [2.45, 2.75) is 85.1 Å². The fourth-order valence-electron chi connectivity index (χ4n) is 2.60. The molecule has 0 fully saturated rings. The SMILES string of the molecule is CC(C)C[C@H](N)C(=O)N[C@@H](C)C(=O)N[C@@H](C)C(=O)N[C@@H](C)C(=O)N[C@H](C(=O)O)C(C)C. The average molecular weight is 444 g/mol. The van der Waals surface area contributed by atoms with Gasteiger partial charge in [-0.1, -0.05) is 27.7 Å². The number of amides is 4. The summed E-state index contributed by atoms with van der Waals surface area (Å²) in [4.78, 5) is 60.0. The second-order valence-corrected chi connectivity index (χ2v) is 8.50. The Bertz CT molecular complexity index is 666. The molecule has 0 aliphatic carbocycles. The first kappa shape index (κ1) is 28.3. The fraction of sp³-hybridized carbons (Fsp3) is 0.750. The molecule has 0 saturated carbocycles. The van der Waals surface area contributed by atoms with Crippen molar-refractivity contribution in [3.8, 4) is 0 Å². The molecule has 0 aliphatic rings. The van der Waals surface area contributed by atoms with Crippen LogP contribution >= 0.6 is 0 Å². The molecule has 11 nitrogen and oxygen atoms in total. The van der Waals surface area contributed by atoms with E-state index in [0.29, 0.717) is 6.42 Å². The van der Waals surface area contributed by atoms with E-state index in [1.807, 2.05) is 13.8 Å². The molecule has 0 spiro atoms. The topological polar surface area (TPSA) is 180 Å². The van der Waals surface area contributed by atoms with Gasteiger partial charge in [0.05, 0.1) is 6.04 Å². The summed E-state index contributed by atoms with van der Waals surface area (Å²) in [5, 5.41) is 18.9. The first-order chi connectivity index (χ1) is 14.2. The summed E-state index contributed by atoms with van der Waals surface area (Å²) in [7, 11) is 0. The molecule has 0 unspecified atom stereocenters. The van der Waals surface area contributed by atoms with Crippen LogP contribution < -0.4 is 27.0 Å². The van der Waals surface area contributed by atoms with Crippen LogP contribution in [0, 0.1) is 11.8 Å². The molecule has 5 atom stereocenters. The van der Waals surface area contributed by atoms with Crippen LogP contribution in [0.5, 0.6) is 0 Å². The van der Waals surface area contributed by atoms with Crippen molar-refractivity contribution in [2.75, 3.05) is 0 Å². The summed E-state index contributed by atoms with van der Waals surface area (Å²) in [6.45, 7) is 11.4. The third kappa shape index (κ3) is 10.3. The highest BCUT2D eigenvalue weighted by molar-refractivity contribution is 5.94. The lowest BCUT2D eigenvalue weighted by Crippen LogP contribution is -2.57. The molecule has 0 saturated heterocycles. The van der Waals surface area contributed by atoms with Crippen LogP contribution in [0.15, 0.2) is 0 Å². The Morgan fingerprint density at radius 2 is 1.03 bits per heavy atom. The lowest BCUT2D eigenvalue weighted by Gasteiger charge is -2.23. The van der Waals surface area contributed by atoms with Gasteiger partial charge in [-0.3, -0.25) is 19.2 Å². The fourth-order valence-corrected chi connectivity index (χ4v) is 2.60. The highest BCUT2D eigenvalue weighted by atomic mass is 16.4. The summed E-state index contributed by atoms with van der Waals surface area (Å²) < 4.78 is 0. The molecule has 0 heterocycles.